The van der Waals surface area contributed by atoms with Crippen LogP contribution in [-0.4, -0.2) is 53.1 Å². The number of aliphatic hydroxyl groups is 1. The average molecular weight is 545 g/mol. The summed E-state index contributed by atoms with van der Waals surface area (Å²) in [5.74, 6) is -1.62. The molecule has 0 aliphatic rings. The van der Waals surface area contributed by atoms with Crippen LogP contribution in [-0.2, 0) is 35.1 Å². The second-order valence-corrected chi connectivity index (χ2v) is 10.6. The number of anilines is 1. The van der Waals surface area contributed by atoms with E-state index in [1.165, 1.54) is 24.3 Å². The van der Waals surface area contributed by atoms with Crippen molar-refractivity contribution in [2.24, 2.45) is 0 Å². The van der Waals surface area contributed by atoms with E-state index in [0.717, 1.165) is 5.56 Å². The van der Waals surface area contributed by atoms with Crippen molar-refractivity contribution in [3.8, 4) is 0 Å². The van der Waals surface area contributed by atoms with Crippen molar-refractivity contribution in [3.05, 3.63) is 65.7 Å². The number of alkyl carbamates (subject to hydrolysis) is 1. The minimum atomic E-state index is -1.51. The van der Waals surface area contributed by atoms with Crippen LogP contribution < -0.4 is 10.6 Å². The van der Waals surface area contributed by atoms with Gasteiger partial charge in [0.15, 0.2) is 12.1 Å². The summed E-state index contributed by atoms with van der Waals surface area (Å²) in [5.41, 5.74) is -0.306. The maximum atomic E-state index is 12.5. The first-order valence-electron chi connectivity index (χ1n) is 12.3. The molecule has 0 radical (unpaired) electrons. The highest BCUT2D eigenvalue weighted by Crippen LogP contribution is 2.19. The summed E-state index contributed by atoms with van der Waals surface area (Å²) in [6.45, 7) is 9.47. The molecule has 0 heterocycles. The minimum Gasteiger partial charge on any atom is -0.459 e. The molecule has 3 N–H and O–H groups in total. The molecule has 2 amide bonds. The van der Waals surface area contributed by atoms with Crippen LogP contribution in [0.4, 0.5) is 15.3 Å². The van der Waals surface area contributed by atoms with Crippen LogP contribution in [0.2, 0.25) is 0 Å². The number of amides is 2. The third kappa shape index (κ3) is 11.9. The fourth-order valence-electron chi connectivity index (χ4n) is 3.00. The fraction of sp³-hybridized carbons (Fsp3) is 0.429. The first kappa shape index (κ1) is 31.1. The molecule has 0 spiro atoms. The first-order valence-corrected chi connectivity index (χ1v) is 12.3. The predicted octanol–water partition coefficient (Wildman–Crippen LogP) is 4.25. The molecule has 0 bridgehead atoms. The molecule has 2 aromatic rings. The van der Waals surface area contributed by atoms with E-state index >= 15 is 0 Å². The summed E-state index contributed by atoms with van der Waals surface area (Å²) >= 11 is 0. The first-order chi connectivity index (χ1) is 18.1. The van der Waals surface area contributed by atoms with Gasteiger partial charge in [0, 0.05) is 5.69 Å². The quantitative estimate of drug-likeness (QED) is 0.311. The van der Waals surface area contributed by atoms with Gasteiger partial charge in [-0.3, -0.25) is 5.32 Å². The van der Waals surface area contributed by atoms with Crippen LogP contribution in [0.15, 0.2) is 54.6 Å². The Balaban J connectivity index is 1.92. The highest BCUT2D eigenvalue weighted by Gasteiger charge is 2.30. The van der Waals surface area contributed by atoms with Gasteiger partial charge < -0.3 is 29.4 Å². The van der Waals surface area contributed by atoms with Crippen LogP contribution in [0.1, 0.15) is 58.8 Å². The summed E-state index contributed by atoms with van der Waals surface area (Å²) in [7, 11) is 0. The summed E-state index contributed by atoms with van der Waals surface area (Å²) in [4.78, 5) is 49.2. The predicted molar refractivity (Wildman–Crippen MR) is 142 cm³/mol. The number of carbonyl (C=O) groups is 4. The van der Waals surface area contributed by atoms with Gasteiger partial charge in [0.1, 0.15) is 24.4 Å². The smallest absolute Gasteiger partial charge is 0.411 e. The van der Waals surface area contributed by atoms with Gasteiger partial charge in [0.05, 0.1) is 0 Å². The van der Waals surface area contributed by atoms with E-state index in [9.17, 15) is 24.3 Å². The normalized spacial score (nSPS) is 12.9. The molecule has 11 nitrogen and oxygen atoms in total. The van der Waals surface area contributed by atoms with E-state index in [4.69, 9.17) is 18.9 Å². The molecule has 0 fully saturated rings. The topological polar surface area (TPSA) is 149 Å². The lowest BCUT2D eigenvalue weighted by Crippen LogP contribution is -2.48. The van der Waals surface area contributed by atoms with Crippen LogP contribution in [0.25, 0.3) is 0 Å². The number of benzene rings is 2. The lowest BCUT2D eigenvalue weighted by molar-refractivity contribution is -0.158. The zero-order chi connectivity index (χ0) is 29.2. The van der Waals surface area contributed by atoms with Gasteiger partial charge >= 0.3 is 24.1 Å². The second-order valence-electron chi connectivity index (χ2n) is 10.6. The number of hydrogen-bond donors (Lipinski definition) is 3. The van der Waals surface area contributed by atoms with Gasteiger partial charge in [-0.25, -0.2) is 19.2 Å². The Bertz CT molecular complexity index is 1120. The fourth-order valence-corrected chi connectivity index (χ4v) is 3.00. The Hall–Kier alpha value is -4.12. The van der Waals surface area contributed by atoms with E-state index in [1.54, 1.807) is 53.7 Å². The molecule has 2 rings (SSSR count). The van der Waals surface area contributed by atoms with Gasteiger partial charge in [-0.1, -0.05) is 42.5 Å². The van der Waals surface area contributed by atoms with Gasteiger partial charge in [0.2, 0.25) is 0 Å². The number of hydrogen-bond acceptors (Lipinski definition) is 9. The van der Waals surface area contributed by atoms with Gasteiger partial charge in [-0.05, 0) is 64.8 Å². The minimum absolute atomic E-state index is 0.0231. The maximum Gasteiger partial charge on any atom is 0.411 e. The molecular formula is C28H36N2O9. The van der Waals surface area contributed by atoms with Gasteiger partial charge in [-0.2, -0.15) is 0 Å². The molecule has 0 saturated heterocycles. The molecule has 0 unspecified atom stereocenters. The Labute approximate surface area is 227 Å². The Morgan fingerprint density at radius 1 is 0.769 bits per heavy atom. The average Bonchev–Trinajstić information content (AvgIpc) is 2.83. The molecule has 11 heteroatoms. The molecule has 2 atom stereocenters. The van der Waals surface area contributed by atoms with Crippen molar-refractivity contribution in [3.63, 3.8) is 0 Å². The maximum absolute atomic E-state index is 12.5. The van der Waals surface area contributed by atoms with Crippen LogP contribution in [0.3, 0.4) is 0 Å². The van der Waals surface area contributed by atoms with Crippen molar-refractivity contribution in [2.75, 3.05) is 11.9 Å². The molecule has 212 valence electrons. The number of rotatable bonds is 9. The number of aliphatic hydroxyl groups excluding tert-OH is 1. The third-order valence-corrected chi connectivity index (χ3v) is 4.68. The van der Waals surface area contributed by atoms with Crippen molar-refractivity contribution in [2.45, 2.75) is 71.5 Å². The standard InChI is InChI=1S/C28H36N2O9/c1-27(2,3)38-23(32)21(30-26(35)39-28(4,5)6)17-37-25(34)29-20-14-12-19(13-15-20)22(31)24(33)36-16-18-10-8-7-9-11-18/h7-15,21-22,31H,16-17H2,1-6H3,(H,29,34)(H,30,35)/t21-,22-/m1/s1. The third-order valence-electron chi connectivity index (χ3n) is 4.68. The summed E-state index contributed by atoms with van der Waals surface area (Å²) < 4.78 is 20.7. The van der Waals surface area contributed by atoms with Crippen LogP contribution in [0.5, 0.6) is 0 Å². The van der Waals surface area contributed by atoms with Gasteiger partial charge in [0.25, 0.3) is 0 Å². The van der Waals surface area contributed by atoms with Crippen molar-refractivity contribution in [1.82, 2.24) is 5.32 Å². The van der Waals surface area contributed by atoms with Crippen molar-refractivity contribution in [1.29, 1.82) is 0 Å². The van der Waals surface area contributed by atoms with E-state index in [1.807, 2.05) is 18.2 Å². The molecule has 0 aliphatic heterocycles. The highest BCUT2D eigenvalue weighted by molar-refractivity contribution is 5.86. The largest absolute Gasteiger partial charge is 0.459 e. The molecule has 0 aliphatic carbocycles. The van der Waals surface area contributed by atoms with Gasteiger partial charge in [-0.15, -0.1) is 0 Å². The zero-order valence-electron chi connectivity index (χ0n) is 23.0. The molecule has 0 saturated carbocycles. The SMILES string of the molecule is CC(C)(C)OC(=O)N[C@H](COC(=O)Nc1ccc([C@@H](O)C(=O)OCc2ccccc2)cc1)C(=O)OC(C)(C)C. The monoisotopic (exact) mass is 544 g/mol. The van der Waals surface area contributed by atoms with E-state index in [-0.39, 0.29) is 12.2 Å². The van der Waals surface area contributed by atoms with Crippen molar-refractivity contribution < 1.29 is 43.2 Å². The Morgan fingerprint density at radius 3 is 1.92 bits per heavy atom. The number of esters is 2. The number of nitrogens with one attached hydrogen (secondary N) is 2. The molecule has 39 heavy (non-hydrogen) atoms. The number of carbonyl (C=O) groups excluding carboxylic acids is 4. The molecule has 2 aromatic carbocycles. The Morgan fingerprint density at radius 2 is 1.36 bits per heavy atom. The summed E-state index contributed by atoms with van der Waals surface area (Å²) in [6, 6.07) is 13.5. The van der Waals surface area contributed by atoms with E-state index < -0.39 is 54.1 Å². The zero-order valence-corrected chi connectivity index (χ0v) is 23.0. The molecular weight excluding hydrogens is 508 g/mol. The van der Waals surface area contributed by atoms with Crippen LogP contribution in [0, 0.1) is 0 Å². The summed E-state index contributed by atoms with van der Waals surface area (Å²) in [6.07, 6.45) is -3.30. The van der Waals surface area contributed by atoms with Crippen molar-refractivity contribution >= 4 is 29.8 Å². The Kier molecular flexibility index (Phi) is 10.9. The lowest BCUT2D eigenvalue weighted by atomic mass is 10.1. The van der Waals surface area contributed by atoms with E-state index in [2.05, 4.69) is 10.6 Å². The summed E-state index contributed by atoms with van der Waals surface area (Å²) in [5, 5.41) is 15.1. The highest BCUT2D eigenvalue weighted by atomic mass is 16.6. The van der Waals surface area contributed by atoms with E-state index in [0.29, 0.717) is 5.69 Å². The number of ether oxygens (including phenoxy) is 4. The van der Waals surface area contributed by atoms with Crippen LogP contribution >= 0.6 is 0 Å². The second kappa shape index (κ2) is 13.6. The lowest BCUT2D eigenvalue weighted by Gasteiger charge is -2.26. The molecule has 0 aromatic heterocycles.